The average molecular weight is 380 g/mol. The number of carbonyl (C=O) groups is 3. The van der Waals surface area contributed by atoms with Gasteiger partial charge in [-0.25, -0.2) is 14.0 Å². The predicted octanol–water partition coefficient (Wildman–Crippen LogP) is 3.02. The Morgan fingerprint density at radius 2 is 2.00 bits per heavy atom. The highest BCUT2D eigenvalue weighted by atomic mass is 19.1. The molecule has 148 valence electrons. The summed E-state index contributed by atoms with van der Waals surface area (Å²) in [5.41, 5.74) is 0.0652. The summed E-state index contributed by atoms with van der Waals surface area (Å²) in [7, 11) is 0. The van der Waals surface area contributed by atoms with Crippen molar-refractivity contribution in [1.82, 2.24) is 4.90 Å². The Labute approximate surface area is 157 Å². The van der Waals surface area contributed by atoms with Crippen molar-refractivity contribution < 1.29 is 28.2 Å². The second-order valence-corrected chi connectivity index (χ2v) is 7.45. The number of amides is 2. The number of likely N-dealkylation sites (tertiary alicyclic amines) is 1. The van der Waals surface area contributed by atoms with E-state index in [1.165, 1.54) is 17.0 Å². The zero-order valence-corrected chi connectivity index (χ0v) is 16.0. The number of rotatable bonds is 4. The van der Waals surface area contributed by atoms with Crippen LogP contribution in [0.2, 0.25) is 0 Å². The molecule has 7 nitrogen and oxygen atoms in total. The maximum Gasteiger partial charge on any atom is 0.411 e. The molecule has 2 amide bonds. The van der Waals surface area contributed by atoms with Gasteiger partial charge in [0.2, 0.25) is 0 Å². The first-order chi connectivity index (χ1) is 12.6. The fourth-order valence-electron chi connectivity index (χ4n) is 2.65. The van der Waals surface area contributed by atoms with Gasteiger partial charge in [-0.15, -0.1) is 0 Å². The highest BCUT2D eigenvalue weighted by Crippen LogP contribution is 2.22. The first kappa shape index (κ1) is 20.7. The van der Waals surface area contributed by atoms with E-state index in [4.69, 9.17) is 9.47 Å². The van der Waals surface area contributed by atoms with Gasteiger partial charge in [-0.2, -0.15) is 0 Å². The minimum Gasteiger partial charge on any atom is -0.454 e. The molecule has 1 aromatic carbocycles. The summed E-state index contributed by atoms with van der Waals surface area (Å²) >= 11 is 0. The summed E-state index contributed by atoms with van der Waals surface area (Å²) < 4.78 is 23.8. The number of benzene rings is 1. The Morgan fingerprint density at radius 3 is 2.63 bits per heavy atom. The molecule has 27 heavy (non-hydrogen) atoms. The Bertz CT molecular complexity index is 729. The van der Waals surface area contributed by atoms with E-state index < -0.39 is 42.0 Å². The Hall–Kier alpha value is -2.64. The van der Waals surface area contributed by atoms with Crippen molar-refractivity contribution >= 4 is 23.7 Å². The lowest BCUT2D eigenvalue weighted by atomic mass is 10.2. The highest BCUT2D eigenvalue weighted by molar-refractivity contribution is 5.93. The van der Waals surface area contributed by atoms with E-state index in [-0.39, 0.29) is 5.69 Å². The lowest BCUT2D eigenvalue weighted by Crippen LogP contribution is -2.44. The van der Waals surface area contributed by atoms with Gasteiger partial charge in [0.25, 0.3) is 5.91 Å². The lowest BCUT2D eigenvalue weighted by molar-refractivity contribution is -0.151. The topological polar surface area (TPSA) is 84.9 Å². The molecule has 1 fully saturated rings. The normalized spacial score (nSPS) is 16.8. The highest BCUT2D eigenvalue weighted by Gasteiger charge is 2.37. The number of hydrogen-bond acceptors (Lipinski definition) is 5. The monoisotopic (exact) mass is 380 g/mol. The SMILES string of the molecule is Cc1ccc(NC(=O)COC(=O)[C@@H]2CCCN2C(=O)OC(C)(C)C)cc1F. The van der Waals surface area contributed by atoms with Crippen LogP contribution in [0.1, 0.15) is 39.2 Å². The number of hydrogen-bond donors (Lipinski definition) is 1. The van der Waals surface area contributed by atoms with E-state index in [1.807, 2.05) is 0 Å². The van der Waals surface area contributed by atoms with Gasteiger partial charge in [-0.1, -0.05) is 6.07 Å². The molecule has 0 bridgehead atoms. The molecule has 1 saturated heterocycles. The van der Waals surface area contributed by atoms with Crippen LogP contribution < -0.4 is 5.32 Å². The Morgan fingerprint density at radius 1 is 1.30 bits per heavy atom. The van der Waals surface area contributed by atoms with Crippen molar-refractivity contribution in [1.29, 1.82) is 0 Å². The van der Waals surface area contributed by atoms with Crippen molar-refractivity contribution in [2.45, 2.75) is 52.2 Å². The molecule has 1 aliphatic heterocycles. The molecular weight excluding hydrogens is 355 g/mol. The third-order valence-electron chi connectivity index (χ3n) is 3.95. The first-order valence-electron chi connectivity index (χ1n) is 8.79. The molecule has 8 heteroatoms. The van der Waals surface area contributed by atoms with Crippen LogP contribution in [-0.4, -0.2) is 47.7 Å². The van der Waals surface area contributed by atoms with Crippen LogP contribution in [0.5, 0.6) is 0 Å². The molecule has 0 aromatic heterocycles. The van der Waals surface area contributed by atoms with Crippen LogP contribution in [0, 0.1) is 12.7 Å². The van der Waals surface area contributed by atoms with Crippen molar-refractivity contribution in [3.8, 4) is 0 Å². The summed E-state index contributed by atoms with van der Waals surface area (Å²) in [4.78, 5) is 37.7. The van der Waals surface area contributed by atoms with Gasteiger partial charge in [0.05, 0.1) is 0 Å². The van der Waals surface area contributed by atoms with Gasteiger partial charge < -0.3 is 14.8 Å². The van der Waals surface area contributed by atoms with Gasteiger partial charge in [0, 0.05) is 12.2 Å². The molecule has 2 rings (SSSR count). The molecule has 1 atom stereocenters. The molecule has 0 unspecified atom stereocenters. The van der Waals surface area contributed by atoms with Crippen LogP contribution in [0.4, 0.5) is 14.9 Å². The molecule has 1 aliphatic rings. The molecule has 1 N–H and O–H groups in total. The van der Waals surface area contributed by atoms with E-state index in [9.17, 15) is 18.8 Å². The fraction of sp³-hybridized carbons (Fsp3) is 0.526. The zero-order chi connectivity index (χ0) is 20.2. The van der Waals surface area contributed by atoms with Crippen molar-refractivity contribution in [2.24, 2.45) is 0 Å². The maximum absolute atomic E-state index is 13.5. The second-order valence-electron chi connectivity index (χ2n) is 7.45. The molecule has 0 saturated carbocycles. The largest absolute Gasteiger partial charge is 0.454 e. The number of aryl methyl sites for hydroxylation is 1. The van der Waals surface area contributed by atoms with Gasteiger partial charge in [0.15, 0.2) is 6.61 Å². The fourth-order valence-corrected chi connectivity index (χ4v) is 2.65. The third kappa shape index (κ3) is 5.94. The summed E-state index contributed by atoms with van der Waals surface area (Å²) in [6.07, 6.45) is 0.512. The van der Waals surface area contributed by atoms with Crippen molar-refractivity contribution in [2.75, 3.05) is 18.5 Å². The van der Waals surface area contributed by atoms with Gasteiger partial charge in [-0.05, 0) is 58.2 Å². The van der Waals surface area contributed by atoms with Gasteiger partial charge >= 0.3 is 12.1 Å². The molecule has 0 radical (unpaired) electrons. The van der Waals surface area contributed by atoms with Gasteiger partial charge in [-0.3, -0.25) is 9.69 Å². The summed E-state index contributed by atoms with van der Waals surface area (Å²) in [5.74, 6) is -1.69. The average Bonchev–Trinajstić information content (AvgIpc) is 3.04. The summed E-state index contributed by atoms with van der Waals surface area (Å²) in [5, 5.41) is 2.46. The number of esters is 1. The number of ether oxygens (including phenoxy) is 2. The maximum atomic E-state index is 13.5. The number of nitrogens with one attached hydrogen (secondary N) is 1. The van der Waals surface area contributed by atoms with Crippen LogP contribution in [0.15, 0.2) is 18.2 Å². The van der Waals surface area contributed by atoms with Crippen molar-refractivity contribution in [3.63, 3.8) is 0 Å². The van der Waals surface area contributed by atoms with E-state index in [0.29, 0.717) is 24.9 Å². The first-order valence-corrected chi connectivity index (χ1v) is 8.79. The summed E-state index contributed by atoms with van der Waals surface area (Å²) in [6.45, 7) is 6.71. The minimum atomic E-state index is -0.774. The molecule has 0 aliphatic carbocycles. The molecule has 1 aromatic rings. The third-order valence-corrected chi connectivity index (χ3v) is 3.95. The van der Waals surface area contributed by atoms with Crippen LogP contribution >= 0.6 is 0 Å². The summed E-state index contributed by atoms with van der Waals surface area (Å²) in [6, 6.07) is 3.51. The minimum absolute atomic E-state index is 0.274. The van der Waals surface area contributed by atoms with E-state index >= 15 is 0 Å². The van der Waals surface area contributed by atoms with E-state index in [0.717, 1.165) is 0 Å². The zero-order valence-electron chi connectivity index (χ0n) is 16.0. The van der Waals surface area contributed by atoms with E-state index in [2.05, 4.69) is 5.32 Å². The van der Waals surface area contributed by atoms with Crippen LogP contribution in [0.3, 0.4) is 0 Å². The van der Waals surface area contributed by atoms with Crippen molar-refractivity contribution in [3.05, 3.63) is 29.6 Å². The standard InChI is InChI=1S/C19H25FN2O5/c1-12-7-8-13(10-14(12)20)21-16(23)11-26-17(24)15-6-5-9-22(15)18(25)27-19(2,3)4/h7-8,10,15H,5-6,9,11H2,1-4H3,(H,21,23)/t15-/m0/s1. The molecular formula is C19H25FN2O5. The molecule has 0 spiro atoms. The smallest absolute Gasteiger partial charge is 0.411 e. The quantitative estimate of drug-likeness (QED) is 0.812. The number of nitrogens with zero attached hydrogens (tertiary/aromatic N) is 1. The number of halogens is 1. The van der Waals surface area contributed by atoms with Gasteiger partial charge in [0.1, 0.15) is 17.5 Å². The van der Waals surface area contributed by atoms with Crippen LogP contribution in [-0.2, 0) is 19.1 Å². The van der Waals surface area contributed by atoms with E-state index in [1.54, 1.807) is 33.8 Å². The Kier molecular flexibility index (Phi) is 6.41. The Balaban J connectivity index is 1.87. The molecule has 1 heterocycles. The predicted molar refractivity (Wildman–Crippen MR) is 96.7 cm³/mol. The van der Waals surface area contributed by atoms with Crippen LogP contribution in [0.25, 0.3) is 0 Å². The lowest BCUT2D eigenvalue weighted by Gasteiger charge is -2.27. The second kappa shape index (κ2) is 8.37. The number of carbonyl (C=O) groups excluding carboxylic acids is 3. The number of anilines is 1.